The van der Waals surface area contributed by atoms with Crippen molar-refractivity contribution in [2.24, 2.45) is 0 Å². The number of halogens is 8. The van der Waals surface area contributed by atoms with E-state index in [9.17, 15) is 13.2 Å². The fraction of sp³-hybridized carbons (Fsp3) is 0.286. The van der Waals surface area contributed by atoms with Crippen LogP contribution in [-0.2, 0) is 30.8 Å². The zero-order valence-corrected chi connectivity index (χ0v) is 19.7. The van der Waals surface area contributed by atoms with Crippen LogP contribution in [0.3, 0.4) is 0 Å². The number of fused-ring (bicyclic) bond motifs is 3. The predicted molar refractivity (Wildman–Crippen MR) is 123 cm³/mol. The third kappa shape index (κ3) is 4.38. The first-order valence-corrected chi connectivity index (χ1v) is 11.5. The summed E-state index contributed by atoms with van der Waals surface area (Å²) in [4.78, 5) is 0. The Morgan fingerprint density at radius 1 is 0.811 bits per heavy atom. The predicted octanol–water partition coefficient (Wildman–Crippen LogP) is 9.03. The molecule has 0 fully saturated rings. The molecule has 0 aromatic heterocycles. The Labute approximate surface area is 208 Å². The first kappa shape index (κ1) is 26.7. The number of hydrogen-bond donors (Lipinski definition) is 0. The average molecular weight is 526 g/mol. The first-order chi connectivity index (χ1) is 17.4. The van der Waals surface area contributed by atoms with Crippen LogP contribution in [0.4, 0.5) is 35.1 Å². The van der Waals surface area contributed by atoms with Gasteiger partial charge in [0, 0.05) is 0 Å². The number of aryl methyl sites for hydroxylation is 2. The third-order valence-electron chi connectivity index (χ3n) is 6.32. The van der Waals surface area contributed by atoms with Crippen LogP contribution >= 0.6 is 0 Å². The molecule has 0 atom stereocenters. The number of hydrogen-bond acceptors (Lipinski definition) is 1. The van der Waals surface area contributed by atoms with E-state index in [4.69, 9.17) is 0 Å². The molecule has 1 nitrogen and oxygen atoms in total. The summed E-state index contributed by atoms with van der Waals surface area (Å²) in [6, 6.07) is 8.63. The number of alkyl halides is 6. The molecule has 196 valence electrons. The van der Waals surface area contributed by atoms with E-state index in [-0.39, 0.29) is 12.0 Å². The van der Waals surface area contributed by atoms with E-state index in [1.807, 2.05) is 0 Å². The van der Waals surface area contributed by atoms with E-state index in [2.05, 4.69) is 11.3 Å². The lowest BCUT2D eigenvalue weighted by molar-refractivity contribution is -0.228. The Balaban J connectivity index is 1.80. The Hall–Kier alpha value is -3.36. The Bertz CT molecular complexity index is 1330. The minimum atomic E-state index is -5.32. The van der Waals surface area contributed by atoms with Gasteiger partial charge < -0.3 is 4.74 Å². The van der Waals surface area contributed by atoms with Crippen LogP contribution < -0.4 is 4.74 Å². The first-order valence-electron chi connectivity index (χ1n) is 11.5. The van der Waals surface area contributed by atoms with Gasteiger partial charge in [-0.3, -0.25) is 0 Å². The van der Waals surface area contributed by atoms with Gasteiger partial charge in [-0.2, -0.15) is 26.3 Å². The summed E-state index contributed by atoms with van der Waals surface area (Å²) in [6.07, 6.45) is -1.21. The monoisotopic (exact) mass is 526 g/mol. The lowest BCUT2D eigenvalue weighted by Crippen LogP contribution is -2.42. The lowest BCUT2D eigenvalue weighted by Gasteiger charge is -2.36. The van der Waals surface area contributed by atoms with Gasteiger partial charge in [0.15, 0.2) is 0 Å². The van der Waals surface area contributed by atoms with Crippen LogP contribution in [0.1, 0.15) is 47.6 Å². The Morgan fingerprint density at radius 2 is 1.38 bits per heavy atom. The van der Waals surface area contributed by atoms with Gasteiger partial charge in [0.1, 0.15) is 22.9 Å². The quantitative estimate of drug-likeness (QED) is 0.210. The van der Waals surface area contributed by atoms with Gasteiger partial charge in [-0.15, -0.1) is 6.58 Å². The van der Waals surface area contributed by atoms with Crippen molar-refractivity contribution < 1.29 is 39.9 Å². The Morgan fingerprint density at radius 3 is 1.95 bits per heavy atom. The molecule has 0 unspecified atom stereocenters. The zero-order chi connectivity index (χ0) is 27.2. The van der Waals surface area contributed by atoms with Crippen LogP contribution in [0, 0.1) is 11.6 Å². The van der Waals surface area contributed by atoms with E-state index < -0.39 is 63.2 Å². The third-order valence-corrected chi connectivity index (χ3v) is 6.32. The second-order valence-electron chi connectivity index (χ2n) is 8.80. The standard InChI is InChI=1S/C28H22F8O/c1-3-5-7-16-8-11-18(12-9-16)37-28(35,36)21-15-14-20-19-13-10-17(6-4-2)24(29)22(19)26(31,32)27(33,34)23(20)25(21)30/h3,8-15H,1,4-7H2,2H3. The summed E-state index contributed by atoms with van der Waals surface area (Å²) in [5.74, 6) is -14.7. The molecule has 1 aliphatic carbocycles. The van der Waals surface area contributed by atoms with Gasteiger partial charge in [0.2, 0.25) is 0 Å². The van der Waals surface area contributed by atoms with E-state index >= 15 is 22.0 Å². The lowest BCUT2D eigenvalue weighted by atomic mass is 9.78. The van der Waals surface area contributed by atoms with Crippen LogP contribution in [-0.4, -0.2) is 0 Å². The second kappa shape index (κ2) is 9.50. The second-order valence-corrected chi connectivity index (χ2v) is 8.80. The largest absolute Gasteiger partial charge is 0.429 e. The summed E-state index contributed by atoms with van der Waals surface area (Å²) in [5.41, 5.74) is -6.07. The number of allylic oxidation sites excluding steroid dienone is 1. The maximum Gasteiger partial charge on any atom is 0.429 e. The minimum Gasteiger partial charge on any atom is -0.429 e. The molecule has 0 bridgehead atoms. The SMILES string of the molecule is C=CCCc1ccc(OC(F)(F)c2ccc3c(c2F)C(F)(F)C(F)(F)c2c-3ccc(CCC)c2F)cc1. The van der Waals surface area contributed by atoms with Gasteiger partial charge >= 0.3 is 18.0 Å². The summed E-state index contributed by atoms with van der Waals surface area (Å²) in [6.45, 7) is 5.23. The molecule has 0 amide bonds. The van der Waals surface area contributed by atoms with Crippen LogP contribution in [0.25, 0.3) is 11.1 Å². The molecule has 4 rings (SSSR count). The number of benzene rings is 3. The molecular weight excluding hydrogens is 504 g/mol. The highest BCUT2D eigenvalue weighted by molar-refractivity contribution is 5.77. The maximum atomic E-state index is 15.3. The minimum absolute atomic E-state index is 0.0136. The fourth-order valence-electron chi connectivity index (χ4n) is 4.46. The van der Waals surface area contributed by atoms with E-state index in [1.54, 1.807) is 13.0 Å². The summed E-state index contributed by atoms with van der Waals surface area (Å²) in [7, 11) is 0. The molecule has 0 N–H and O–H groups in total. The molecule has 0 spiro atoms. The molecule has 0 aliphatic heterocycles. The van der Waals surface area contributed by atoms with Gasteiger partial charge in [0.25, 0.3) is 0 Å². The molecule has 3 aromatic rings. The van der Waals surface area contributed by atoms with Crippen molar-refractivity contribution in [3.05, 3.63) is 101 Å². The number of rotatable bonds is 8. The van der Waals surface area contributed by atoms with E-state index in [1.165, 1.54) is 24.3 Å². The number of ether oxygens (including phenoxy) is 1. The Kier molecular flexibility index (Phi) is 6.86. The van der Waals surface area contributed by atoms with Gasteiger partial charge in [0.05, 0.1) is 11.1 Å². The molecule has 0 radical (unpaired) electrons. The summed E-state index contributed by atoms with van der Waals surface area (Å²) in [5, 5.41) is 0. The van der Waals surface area contributed by atoms with Gasteiger partial charge in [-0.1, -0.05) is 49.8 Å². The van der Waals surface area contributed by atoms with Crippen molar-refractivity contribution in [1.29, 1.82) is 0 Å². The topological polar surface area (TPSA) is 9.23 Å². The van der Waals surface area contributed by atoms with Gasteiger partial charge in [-0.25, -0.2) is 8.78 Å². The molecule has 1 aliphatic rings. The van der Waals surface area contributed by atoms with Crippen molar-refractivity contribution in [1.82, 2.24) is 0 Å². The van der Waals surface area contributed by atoms with Crippen LogP contribution in [0.5, 0.6) is 5.75 Å². The van der Waals surface area contributed by atoms with Crippen molar-refractivity contribution in [3.8, 4) is 16.9 Å². The average Bonchev–Trinajstić information content (AvgIpc) is 2.83. The van der Waals surface area contributed by atoms with Crippen molar-refractivity contribution in [3.63, 3.8) is 0 Å². The zero-order valence-electron chi connectivity index (χ0n) is 19.7. The maximum absolute atomic E-state index is 15.3. The highest BCUT2D eigenvalue weighted by atomic mass is 19.3. The molecular formula is C28H22F8O. The fourth-order valence-corrected chi connectivity index (χ4v) is 4.46. The van der Waals surface area contributed by atoms with E-state index in [0.717, 1.165) is 17.7 Å². The van der Waals surface area contributed by atoms with E-state index in [0.29, 0.717) is 31.4 Å². The molecule has 0 heterocycles. The normalized spacial score (nSPS) is 15.6. The van der Waals surface area contributed by atoms with Crippen molar-refractivity contribution >= 4 is 0 Å². The molecule has 3 aromatic carbocycles. The molecule has 37 heavy (non-hydrogen) atoms. The van der Waals surface area contributed by atoms with Gasteiger partial charge in [-0.05, 0) is 59.7 Å². The highest BCUT2D eigenvalue weighted by Crippen LogP contribution is 2.60. The molecule has 0 saturated carbocycles. The highest BCUT2D eigenvalue weighted by Gasteiger charge is 2.66. The van der Waals surface area contributed by atoms with Crippen LogP contribution in [0.2, 0.25) is 0 Å². The van der Waals surface area contributed by atoms with Crippen molar-refractivity contribution in [2.45, 2.75) is 50.6 Å². The molecule has 0 saturated heterocycles. The summed E-state index contributed by atoms with van der Waals surface area (Å²) >= 11 is 0. The van der Waals surface area contributed by atoms with Crippen LogP contribution in [0.15, 0.2) is 61.2 Å². The molecule has 9 heteroatoms. The van der Waals surface area contributed by atoms with Crippen molar-refractivity contribution in [2.75, 3.05) is 0 Å². The summed E-state index contributed by atoms with van der Waals surface area (Å²) < 4.78 is 125. The smallest absolute Gasteiger partial charge is 0.429 e.